The van der Waals surface area contributed by atoms with Gasteiger partial charge in [-0.3, -0.25) is 0 Å². The van der Waals surface area contributed by atoms with Crippen LogP contribution in [0.3, 0.4) is 0 Å². The molecule has 3 atom stereocenters. The van der Waals surface area contributed by atoms with Crippen molar-refractivity contribution >= 4 is 0 Å². The highest BCUT2D eigenvalue weighted by molar-refractivity contribution is 4.93. The molecule has 2 saturated carbocycles. The van der Waals surface area contributed by atoms with Crippen LogP contribution in [0.15, 0.2) is 0 Å². The van der Waals surface area contributed by atoms with Gasteiger partial charge in [-0.1, -0.05) is 39.5 Å². The minimum atomic E-state index is -4.03. The Balaban J connectivity index is 2.11. The SMILES string of the molecule is CCNC(C1CCC(C)CC1)C1CCCCC1C(F)(F)F. The average molecular weight is 305 g/mol. The quantitative estimate of drug-likeness (QED) is 0.756. The number of alkyl halides is 3. The van der Waals surface area contributed by atoms with E-state index in [1.807, 2.05) is 6.92 Å². The van der Waals surface area contributed by atoms with Gasteiger partial charge in [-0.15, -0.1) is 0 Å². The molecule has 0 amide bonds. The lowest BCUT2D eigenvalue weighted by molar-refractivity contribution is -0.201. The van der Waals surface area contributed by atoms with Crippen molar-refractivity contribution in [2.75, 3.05) is 6.54 Å². The normalized spacial score (nSPS) is 36.4. The van der Waals surface area contributed by atoms with E-state index in [2.05, 4.69) is 12.2 Å². The molecule has 2 fully saturated rings. The van der Waals surface area contributed by atoms with E-state index in [-0.39, 0.29) is 12.0 Å². The molecule has 0 spiro atoms. The maximum atomic E-state index is 13.4. The van der Waals surface area contributed by atoms with E-state index in [0.717, 1.165) is 44.6 Å². The van der Waals surface area contributed by atoms with Gasteiger partial charge < -0.3 is 5.32 Å². The third-order valence-electron chi connectivity index (χ3n) is 5.71. The monoisotopic (exact) mass is 305 g/mol. The van der Waals surface area contributed by atoms with Gasteiger partial charge in [0.2, 0.25) is 0 Å². The zero-order valence-corrected chi connectivity index (χ0v) is 13.4. The molecule has 0 aliphatic heterocycles. The van der Waals surface area contributed by atoms with E-state index in [0.29, 0.717) is 12.3 Å². The van der Waals surface area contributed by atoms with Crippen molar-refractivity contribution in [1.29, 1.82) is 0 Å². The van der Waals surface area contributed by atoms with Crippen molar-refractivity contribution in [2.24, 2.45) is 23.7 Å². The Labute approximate surface area is 127 Å². The van der Waals surface area contributed by atoms with Crippen LogP contribution in [-0.2, 0) is 0 Å². The highest BCUT2D eigenvalue weighted by Gasteiger charge is 2.49. The molecule has 21 heavy (non-hydrogen) atoms. The molecule has 0 radical (unpaired) electrons. The van der Waals surface area contributed by atoms with Gasteiger partial charge in [0.05, 0.1) is 5.92 Å². The fourth-order valence-electron chi connectivity index (χ4n) is 4.54. The molecule has 0 saturated heterocycles. The van der Waals surface area contributed by atoms with E-state index in [1.165, 1.54) is 12.8 Å². The number of hydrogen-bond acceptors (Lipinski definition) is 1. The van der Waals surface area contributed by atoms with Gasteiger partial charge in [0.15, 0.2) is 0 Å². The first-order chi connectivity index (χ1) is 9.93. The fraction of sp³-hybridized carbons (Fsp3) is 1.00. The lowest BCUT2D eigenvalue weighted by Gasteiger charge is -2.43. The molecule has 0 heterocycles. The molecular weight excluding hydrogens is 275 g/mol. The van der Waals surface area contributed by atoms with Gasteiger partial charge in [-0.05, 0) is 50.0 Å². The lowest BCUT2D eigenvalue weighted by Crippen LogP contribution is -2.50. The summed E-state index contributed by atoms with van der Waals surface area (Å²) in [6.07, 6.45) is 3.29. The molecule has 3 unspecified atom stereocenters. The summed E-state index contributed by atoms with van der Waals surface area (Å²) in [6.45, 7) is 5.05. The summed E-state index contributed by atoms with van der Waals surface area (Å²) in [6, 6.07) is 0.0643. The summed E-state index contributed by atoms with van der Waals surface area (Å²) in [7, 11) is 0. The van der Waals surface area contributed by atoms with E-state index >= 15 is 0 Å². The molecule has 2 aliphatic rings. The van der Waals surface area contributed by atoms with Crippen molar-refractivity contribution in [3.63, 3.8) is 0 Å². The van der Waals surface area contributed by atoms with Gasteiger partial charge in [0.1, 0.15) is 0 Å². The van der Waals surface area contributed by atoms with Crippen molar-refractivity contribution in [3.05, 3.63) is 0 Å². The molecule has 0 aromatic heterocycles. The second-order valence-corrected chi connectivity index (χ2v) is 7.20. The molecule has 4 heteroatoms. The van der Waals surface area contributed by atoms with Gasteiger partial charge in [-0.2, -0.15) is 13.2 Å². The van der Waals surface area contributed by atoms with Crippen LogP contribution in [0.1, 0.15) is 65.2 Å². The maximum Gasteiger partial charge on any atom is 0.392 e. The van der Waals surface area contributed by atoms with E-state index in [1.54, 1.807) is 0 Å². The Morgan fingerprint density at radius 1 is 1.00 bits per heavy atom. The molecule has 0 aromatic carbocycles. The molecule has 0 aromatic rings. The van der Waals surface area contributed by atoms with Crippen LogP contribution in [0, 0.1) is 23.7 Å². The zero-order chi connectivity index (χ0) is 15.5. The number of nitrogens with one attached hydrogen (secondary N) is 1. The standard InChI is InChI=1S/C17H30F3N/c1-3-21-16(13-10-8-12(2)9-11-13)14-6-4-5-7-15(14)17(18,19)20/h12-16,21H,3-11H2,1-2H3. The van der Waals surface area contributed by atoms with Gasteiger partial charge in [0, 0.05) is 6.04 Å². The Kier molecular flexibility index (Phi) is 5.98. The number of rotatable bonds is 4. The topological polar surface area (TPSA) is 12.0 Å². The van der Waals surface area contributed by atoms with Crippen molar-refractivity contribution in [1.82, 2.24) is 5.32 Å². The Bertz CT molecular complexity index is 308. The van der Waals surface area contributed by atoms with Gasteiger partial charge >= 0.3 is 6.18 Å². The van der Waals surface area contributed by atoms with Crippen molar-refractivity contribution in [2.45, 2.75) is 77.4 Å². The molecule has 1 nitrogen and oxygen atoms in total. The highest BCUT2D eigenvalue weighted by atomic mass is 19.4. The number of hydrogen-bond donors (Lipinski definition) is 1. The third-order valence-corrected chi connectivity index (χ3v) is 5.71. The van der Waals surface area contributed by atoms with Crippen LogP contribution in [0.5, 0.6) is 0 Å². The largest absolute Gasteiger partial charge is 0.392 e. The fourth-order valence-corrected chi connectivity index (χ4v) is 4.54. The third kappa shape index (κ3) is 4.37. The Morgan fingerprint density at radius 2 is 1.62 bits per heavy atom. The Hall–Kier alpha value is -0.250. The molecule has 1 N–H and O–H groups in total. The summed E-state index contributed by atoms with van der Waals surface area (Å²) < 4.78 is 40.2. The smallest absolute Gasteiger partial charge is 0.314 e. The van der Waals surface area contributed by atoms with Crippen LogP contribution in [0.25, 0.3) is 0 Å². The molecule has 124 valence electrons. The zero-order valence-electron chi connectivity index (χ0n) is 13.4. The van der Waals surface area contributed by atoms with Crippen LogP contribution in [0.4, 0.5) is 13.2 Å². The average Bonchev–Trinajstić information content (AvgIpc) is 2.45. The Morgan fingerprint density at radius 3 is 2.19 bits per heavy atom. The summed E-state index contributed by atoms with van der Waals surface area (Å²) in [5, 5.41) is 3.44. The summed E-state index contributed by atoms with van der Waals surface area (Å²) in [5.41, 5.74) is 0. The first kappa shape index (κ1) is 17.1. The predicted molar refractivity (Wildman–Crippen MR) is 80.1 cm³/mol. The maximum absolute atomic E-state index is 13.4. The molecular formula is C17H30F3N. The van der Waals surface area contributed by atoms with Gasteiger partial charge in [-0.25, -0.2) is 0 Å². The minimum absolute atomic E-state index is 0.0643. The predicted octanol–water partition coefficient (Wildman–Crippen LogP) is 5.16. The minimum Gasteiger partial charge on any atom is -0.314 e. The first-order valence-electron chi connectivity index (χ1n) is 8.73. The second-order valence-electron chi connectivity index (χ2n) is 7.20. The van der Waals surface area contributed by atoms with Crippen LogP contribution in [-0.4, -0.2) is 18.8 Å². The molecule has 2 aliphatic carbocycles. The first-order valence-corrected chi connectivity index (χ1v) is 8.73. The van der Waals surface area contributed by atoms with Crippen LogP contribution < -0.4 is 5.32 Å². The van der Waals surface area contributed by atoms with E-state index in [9.17, 15) is 13.2 Å². The lowest BCUT2D eigenvalue weighted by atomic mass is 9.67. The van der Waals surface area contributed by atoms with Crippen molar-refractivity contribution in [3.8, 4) is 0 Å². The second kappa shape index (κ2) is 7.34. The van der Waals surface area contributed by atoms with Crippen LogP contribution >= 0.6 is 0 Å². The van der Waals surface area contributed by atoms with Crippen LogP contribution in [0.2, 0.25) is 0 Å². The van der Waals surface area contributed by atoms with Gasteiger partial charge in [0.25, 0.3) is 0 Å². The summed E-state index contributed by atoms with van der Waals surface area (Å²) >= 11 is 0. The highest BCUT2D eigenvalue weighted by Crippen LogP contribution is 2.46. The summed E-state index contributed by atoms with van der Waals surface area (Å²) in [4.78, 5) is 0. The number of halogens is 3. The van der Waals surface area contributed by atoms with E-state index in [4.69, 9.17) is 0 Å². The summed E-state index contributed by atoms with van der Waals surface area (Å²) in [5.74, 6) is -0.117. The van der Waals surface area contributed by atoms with E-state index < -0.39 is 12.1 Å². The molecule has 0 bridgehead atoms. The van der Waals surface area contributed by atoms with Crippen molar-refractivity contribution < 1.29 is 13.2 Å². The molecule has 2 rings (SSSR count).